The maximum absolute atomic E-state index is 12.8. The second-order valence-corrected chi connectivity index (χ2v) is 11.3. The topological polar surface area (TPSA) is 109 Å². The first-order valence-electron chi connectivity index (χ1n) is 13.9. The fourth-order valence-electron chi connectivity index (χ4n) is 4.62. The predicted octanol–water partition coefficient (Wildman–Crippen LogP) is 6.12. The smallest absolute Gasteiger partial charge is 0.299 e. The molecule has 41 heavy (non-hydrogen) atoms. The van der Waals surface area contributed by atoms with Crippen LogP contribution in [-0.2, 0) is 19.0 Å². The van der Waals surface area contributed by atoms with Crippen molar-refractivity contribution < 1.29 is 26.8 Å². The van der Waals surface area contributed by atoms with Crippen molar-refractivity contribution in [3.05, 3.63) is 72.4 Å². The second kappa shape index (κ2) is 13.3. The lowest BCUT2D eigenvalue weighted by atomic mass is 10.1. The Morgan fingerprint density at radius 1 is 1.02 bits per heavy atom. The van der Waals surface area contributed by atoms with E-state index >= 15 is 0 Å². The number of rotatable bonds is 12. The summed E-state index contributed by atoms with van der Waals surface area (Å²) in [6.07, 6.45) is 4.06. The number of pyridine rings is 2. The normalized spacial score (nSPS) is 15.5. The average molecular weight is 578 g/mol. The van der Waals surface area contributed by atoms with Crippen molar-refractivity contribution in [2.75, 3.05) is 31.7 Å². The lowest BCUT2D eigenvalue weighted by molar-refractivity contribution is -0.102. The minimum atomic E-state index is -3.97. The highest BCUT2D eigenvalue weighted by atomic mass is 32.2. The van der Waals surface area contributed by atoms with Crippen molar-refractivity contribution >= 4 is 26.8 Å². The van der Waals surface area contributed by atoms with Crippen LogP contribution in [0.3, 0.4) is 0 Å². The van der Waals surface area contributed by atoms with Gasteiger partial charge in [-0.3, -0.25) is 0 Å². The van der Waals surface area contributed by atoms with Gasteiger partial charge < -0.3 is 19.5 Å². The van der Waals surface area contributed by atoms with Crippen molar-refractivity contribution in [2.24, 2.45) is 0 Å². The minimum Gasteiger partial charge on any atom is -0.493 e. The molecule has 3 heterocycles. The van der Waals surface area contributed by atoms with E-state index in [9.17, 15) is 8.42 Å². The van der Waals surface area contributed by atoms with E-state index in [4.69, 9.17) is 23.4 Å². The third-order valence-electron chi connectivity index (χ3n) is 6.77. The molecule has 1 atom stereocenters. The summed E-state index contributed by atoms with van der Waals surface area (Å²) in [5.41, 5.74) is 3.20. The van der Waals surface area contributed by atoms with Gasteiger partial charge in [-0.25, -0.2) is 14.2 Å². The first-order chi connectivity index (χ1) is 19.9. The number of nitrogens with one attached hydrogen (secondary N) is 1. The summed E-state index contributed by atoms with van der Waals surface area (Å²) in [6, 6.07) is 18.7. The van der Waals surface area contributed by atoms with Gasteiger partial charge in [-0.1, -0.05) is 12.1 Å². The molecule has 0 spiro atoms. The van der Waals surface area contributed by atoms with Gasteiger partial charge >= 0.3 is 0 Å². The highest BCUT2D eigenvalue weighted by Crippen LogP contribution is 2.29. The molecule has 0 saturated carbocycles. The van der Waals surface area contributed by atoms with Gasteiger partial charge in [0.2, 0.25) is 0 Å². The first kappa shape index (κ1) is 28.8. The van der Waals surface area contributed by atoms with E-state index in [0.717, 1.165) is 53.1 Å². The number of anilines is 1. The monoisotopic (exact) mass is 577 g/mol. The molecule has 1 unspecified atom stereocenters. The highest BCUT2D eigenvalue weighted by Gasteiger charge is 2.26. The van der Waals surface area contributed by atoms with Gasteiger partial charge in [0.1, 0.15) is 22.2 Å². The SMILES string of the molecule is CCNc1ccc(-c2ccc3cc(OCCCOc4cccc(S(=O)(=O)OC5CCCCO5)c4C)ccc3n2)cn1. The van der Waals surface area contributed by atoms with Crippen LogP contribution in [0.15, 0.2) is 71.8 Å². The summed E-state index contributed by atoms with van der Waals surface area (Å²) in [5.74, 6) is 2.09. The molecule has 10 heteroatoms. The molecule has 0 bridgehead atoms. The van der Waals surface area contributed by atoms with Gasteiger partial charge in [-0.05, 0) is 81.6 Å². The number of ether oxygens (including phenoxy) is 3. The van der Waals surface area contributed by atoms with Crippen molar-refractivity contribution in [1.82, 2.24) is 9.97 Å². The second-order valence-electron chi connectivity index (χ2n) is 9.79. The first-order valence-corrected chi connectivity index (χ1v) is 15.3. The van der Waals surface area contributed by atoms with Crippen molar-refractivity contribution in [3.8, 4) is 22.8 Å². The molecule has 1 aliphatic rings. The van der Waals surface area contributed by atoms with E-state index in [1.165, 1.54) is 6.07 Å². The summed E-state index contributed by atoms with van der Waals surface area (Å²) in [7, 11) is -3.97. The molecule has 9 nitrogen and oxygen atoms in total. The Balaban J connectivity index is 1.13. The van der Waals surface area contributed by atoms with Crippen molar-refractivity contribution in [2.45, 2.75) is 50.7 Å². The molecule has 4 aromatic rings. The maximum atomic E-state index is 12.8. The zero-order chi connectivity index (χ0) is 28.7. The Labute approximate surface area is 241 Å². The van der Waals surface area contributed by atoms with Crippen LogP contribution in [0.2, 0.25) is 0 Å². The highest BCUT2D eigenvalue weighted by molar-refractivity contribution is 7.86. The molecule has 0 radical (unpaired) electrons. The van der Waals surface area contributed by atoms with Gasteiger partial charge in [0.15, 0.2) is 6.29 Å². The van der Waals surface area contributed by atoms with E-state index in [1.807, 2.05) is 55.6 Å². The van der Waals surface area contributed by atoms with Gasteiger partial charge in [0.05, 0.1) is 24.4 Å². The summed E-state index contributed by atoms with van der Waals surface area (Å²) in [6.45, 7) is 5.90. The van der Waals surface area contributed by atoms with E-state index < -0.39 is 16.4 Å². The fourth-order valence-corrected chi connectivity index (χ4v) is 5.88. The van der Waals surface area contributed by atoms with Crippen LogP contribution >= 0.6 is 0 Å². The lowest BCUT2D eigenvalue weighted by Crippen LogP contribution is -2.25. The zero-order valence-corrected chi connectivity index (χ0v) is 24.2. The molecule has 1 saturated heterocycles. The Hall–Kier alpha value is -3.73. The van der Waals surface area contributed by atoms with Crippen LogP contribution in [0.4, 0.5) is 5.82 Å². The molecule has 1 fully saturated rings. The third-order valence-corrected chi connectivity index (χ3v) is 8.22. The van der Waals surface area contributed by atoms with Gasteiger partial charge in [-0.15, -0.1) is 0 Å². The number of fused-ring (bicyclic) bond motifs is 1. The molecular weight excluding hydrogens is 542 g/mol. The number of aromatic nitrogens is 2. The van der Waals surface area contributed by atoms with Crippen molar-refractivity contribution in [1.29, 1.82) is 0 Å². The Morgan fingerprint density at radius 3 is 2.68 bits per heavy atom. The molecule has 0 amide bonds. The van der Waals surface area contributed by atoms with Crippen LogP contribution < -0.4 is 14.8 Å². The van der Waals surface area contributed by atoms with Gasteiger partial charge in [0, 0.05) is 42.3 Å². The predicted molar refractivity (Wildman–Crippen MR) is 158 cm³/mol. The van der Waals surface area contributed by atoms with Gasteiger partial charge in [0.25, 0.3) is 10.1 Å². The number of hydrogen-bond acceptors (Lipinski definition) is 9. The minimum absolute atomic E-state index is 0.0927. The summed E-state index contributed by atoms with van der Waals surface area (Å²) >= 11 is 0. The number of nitrogens with zero attached hydrogens (tertiary/aromatic N) is 2. The fraction of sp³-hybridized carbons (Fsp3) is 0.355. The lowest BCUT2D eigenvalue weighted by Gasteiger charge is -2.22. The number of hydrogen-bond donors (Lipinski definition) is 1. The van der Waals surface area contributed by atoms with Crippen LogP contribution in [0.5, 0.6) is 11.5 Å². The maximum Gasteiger partial charge on any atom is 0.299 e. The molecule has 216 valence electrons. The Kier molecular flexibility index (Phi) is 9.33. The molecule has 1 aliphatic heterocycles. The molecule has 2 aromatic heterocycles. The van der Waals surface area contributed by atoms with E-state index in [2.05, 4.69) is 10.3 Å². The van der Waals surface area contributed by atoms with Crippen molar-refractivity contribution in [3.63, 3.8) is 0 Å². The average Bonchev–Trinajstić information content (AvgIpc) is 2.98. The largest absolute Gasteiger partial charge is 0.493 e. The zero-order valence-electron chi connectivity index (χ0n) is 23.3. The summed E-state index contributed by atoms with van der Waals surface area (Å²) in [4.78, 5) is 9.30. The van der Waals surface area contributed by atoms with Crippen LogP contribution in [0.25, 0.3) is 22.2 Å². The quantitative estimate of drug-likeness (QED) is 0.157. The van der Waals surface area contributed by atoms with E-state index in [0.29, 0.717) is 44.0 Å². The van der Waals surface area contributed by atoms with Crippen LogP contribution in [0.1, 0.15) is 38.2 Å². The van der Waals surface area contributed by atoms with Crippen LogP contribution in [-0.4, -0.2) is 51.0 Å². The summed E-state index contributed by atoms with van der Waals surface area (Å²) in [5, 5.41) is 4.17. The Morgan fingerprint density at radius 2 is 1.90 bits per heavy atom. The Bertz CT molecular complexity index is 1570. The third kappa shape index (κ3) is 7.32. The molecular formula is C31H35N3O6S. The molecule has 1 N–H and O–H groups in total. The van der Waals surface area contributed by atoms with E-state index in [1.54, 1.807) is 19.1 Å². The number of benzene rings is 2. The van der Waals surface area contributed by atoms with Crippen LogP contribution in [0, 0.1) is 6.92 Å². The standard InChI is InChI=1S/C31H35N3O6S/c1-3-32-30-16-12-24(21-33-30)27-14-11-23-20-25(13-15-26(23)34-27)37-18-7-19-38-28-8-6-9-29(22(28)2)41(35,36)40-31-10-4-5-17-39-31/h6,8-9,11-16,20-21,31H,3-5,7,10,17-19H2,1-2H3,(H,32,33). The van der Waals surface area contributed by atoms with Gasteiger partial charge in [-0.2, -0.15) is 8.42 Å². The molecule has 0 aliphatic carbocycles. The summed E-state index contributed by atoms with van der Waals surface area (Å²) < 4.78 is 48.3. The molecule has 2 aromatic carbocycles. The van der Waals surface area contributed by atoms with E-state index in [-0.39, 0.29) is 4.90 Å². The molecule has 5 rings (SSSR count).